The molecule has 0 aromatic heterocycles. The second kappa shape index (κ2) is 8.94. The first kappa shape index (κ1) is 20.8. The zero-order chi connectivity index (χ0) is 20.0. The summed E-state index contributed by atoms with van der Waals surface area (Å²) in [5, 5.41) is 2.92. The molecule has 0 fully saturated rings. The van der Waals surface area contributed by atoms with Crippen LogP contribution in [0.3, 0.4) is 0 Å². The van der Waals surface area contributed by atoms with Gasteiger partial charge in [0.05, 0.1) is 0 Å². The van der Waals surface area contributed by atoms with Gasteiger partial charge in [-0.25, -0.2) is 0 Å². The molecule has 1 amide bonds. The highest BCUT2D eigenvalue weighted by molar-refractivity contribution is 5.94. The van der Waals surface area contributed by atoms with E-state index in [0.717, 1.165) is 24.5 Å². The Morgan fingerprint density at radius 3 is 2.04 bits per heavy atom. The van der Waals surface area contributed by atoms with Crippen LogP contribution in [0.1, 0.15) is 47.1 Å². The molecule has 0 spiro atoms. The number of ether oxygens (including phenoxy) is 1. The van der Waals surface area contributed by atoms with E-state index in [-0.39, 0.29) is 11.3 Å². The average Bonchev–Trinajstić information content (AvgIpc) is 2.63. The van der Waals surface area contributed by atoms with Crippen LogP contribution in [0.25, 0.3) is 0 Å². The molecule has 0 radical (unpaired) electrons. The number of carbonyl (C=O) groups excluding carboxylic acids is 1. The van der Waals surface area contributed by atoms with E-state index in [4.69, 9.17) is 4.74 Å². The molecule has 146 valence electrons. The maximum atomic E-state index is 12.4. The van der Waals surface area contributed by atoms with Gasteiger partial charge in [-0.15, -0.1) is 0 Å². The highest BCUT2D eigenvalue weighted by atomic mass is 16.5. The van der Waals surface area contributed by atoms with Crippen molar-refractivity contribution in [3.8, 4) is 5.75 Å². The molecule has 0 aliphatic heterocycles. The summed E-state index contributed by atoms with van der Waals surface area (Å²) in [5.74, 6) is 0.535. The predicted octanol–water partition coefficient (Wildman–Crippen LogP) is 5.24. The smallest absolute Gasteiger partial charge is 0.265 e. The van der Waals surface area contributed by atoms with Crippen molar-refractivity contribution in [3.63, 3.8) is 0 Å². The zero-order valence-corrected chi connectivity index (χ0v) is 17.4. The number of amides is 1. The summed E-state index contributed by atoms with van der Waals surface area (Å²) in [7, 11) is 0. The van der Waals surface area contributed by atoms with Crippen LogP contribution >= 0.6 is 0 Å². The van der Waals surface area contributed by atoms with Gasteiger partial charge in [0.1, 0.15) is 5.75 Å². The molecular weight excluding hydrogens is 336 g/mol. The average molecular weight is 369 g/mol. The van der Waals surface area contributed by atoms with Crippen LogP contribution in [0, 0.1) is 0 Å². The molecule has 0 heterocycles. The maximum absolute atomic E-state index is 12.4. The van der Waals surface area contributed by atoms with Crippen molar-refractivity contribution in [1.82, 2.24) is 0 Å². The Kier molecular flexibility index (Phi) is 6.89. The van der Waals surface area contributed by atoms with Gasteiger partial charge in [0, 0.05) is 24.5 Å². The van der Waals surface area contributed by atoms with E-state index in [0.29, 0.717) is 5.75 Å². The molecular formula is C23H32N2O2. The van der Waals surface area contributed by atoms with Crippen molar-refractivity contribution in [2.24, 2.45) is 0 Å². The number of hydrogen-bond acceptors (Lipinski definition) is 3. The molecule has 0 bridgehead atoms. The van der Waals surface area contributed by atoms with Crippen molar-refractivity contribution in [2.75, 3.05) is 23.3 Å². The maximum Gasteiger partial charge on any atom is 0.265 e. The van der Waals surface area contributed by atoms with Gasteiger partial charge in [-0.1, -0.05) is 32.9 Å². The van der Waals surface area contributed by atoms with E-state index in [1.807, 2.05) is 48.5 Å². The normalized spacial score (nSPS) is 12.4. The summed E-state index contributed by atoms with van der Waals surface area (Å²) in [6.07, 6.45) is -0.576. The second-order valence-electron chi connectivity index (χ2n) is 7.74. The highest BCUT2D eigenvalue weighted by Gasteiger charge is 2.17. The fraction of sp³-hybridized carbons (Fsp3) is 0.435. The van der Waals surface area contributed by atoms with Crippen molar-refractivity contribution in [3.05, 3.63) is 54.1 Å². The number of benzene rings is 2. The summed E-state index contributed by atoms with van der Waals surface area (Å²) in [6, 6.07) is 15.8. The van der Waals surface area contributed by atoms with E-state index < -0.39 is 6.10 Å². The number of nitrogens with zero attached hydrogens (tertiary/aromatic N) is 1. The number of nitrogens with one attached hydrogen (secondary N) is 1. The Labute approximate surface area is 163 Å². The predicted molar refractivity (Wildman–Crippen MR) is 114 cm³/mol. The third-order valence-corrected chi connectivity index (χ3v) is 4.67. The molecule has 2 aromatic rings. The number of carbonyl (C=O) groups is 1. The SMILES string of the molecule is CCN(CC)c1ccc(NC(=O)C(C)Oc2ccc(C(C)(C)C)cc2)cc1. The van der Waals surface area contributed by atoms with Gasteiger partial charge in [0.15, 0.2) is 6.10 Å². The van der Waals surface area contributed by atoms with Crippen LogP contribution in [0.5, 0.6) is 5.75 Å². The zero-order valence-electron chi connectivity index (χ0n) is 17.4. The highest BCUT2D eigenvalue weighted by Crippen LogP contribution is 2.25. The minimum absolute atomic E-state index is 0.0960. The molecule has 1 unspecified atom stereocenters. The lowest BCUT2D eigenvalue weighted by Crippen LogP contribution is -2.30. The Morgan fingerprint density at radius 2 is 1.56 bits per heavy atom. The van der Waals surface area contributed by atoms with Crippen LogP contribution in [0.2, 0.25) is 0 Å². The molecule has 0 aliphatic carbocycles. The van der Waals surface area contributed by atoms with Gasteiger partial charge in [-0.2, -0.15) is 0 Å². The van der Waals surface area contributed by atoms with Crippen molar-refractivity contribution >= 4 is 17.3 Å². The third kappa shape index (κ3) is 5.75. The minimum atomic E-state index is -0.576. The van der Waals surface area contributed by atoms with Crippen LogP contribution < -0.4 is 15.0 Å². The van der Waals surface area contributed by atoms with Gasteiger partial charge in [0.2, 0.25) is 0 Å². The summed E-state index contributed by atoms with van der Waals surface area (Å²) in [6.45, 7) is 14.5. The summed E-state index contributed by atoms with van der Waals surface area (Å²) < 4.78 is 5.79. The summed E-state index contributed by atoms with van der Waals surface area (Å²) in [4.78, 5) is 14.7. The van der Waals surface area contributed by atoms with E-state index in [2.05, 4.69) is 44.8 Å². The Bertz CT molecular complexity index is 726. The number of anilines is 2. The molecule has 4 heteroatoms. The Balaban J connectivity index is 1.95. The van der Waals surface area contributed by atoms with Gasteiger partial charge < -0.3 is 15.0 Å². The first-order valence-electron chi connectivity index (χ1n) is 9.67. The number of hydrogen-bond donors (Lipinski definition) is 1. The molecule has 0 saturated carbocycles. The van der Waals surface area contributed by atoms with E-state index in [1.54, 1.807) is 6.92 Å². The molecule has 0 aliphatic rings. The first-order valence-corrected chi connectivity index (χ1v) is 9.67. The van der Waals surface area contributed by atoms with Crippen molar-refractivity contribution < 1.29 is 9.53 Å². The van der Waals surface area contributed by atoms with E-state index in [9.17, 15) is 4.79 Å². The largest absolute Gasteiger partial charge is 0.481 e. The molecule has 4 nitrogen and oxygen atoms in total. The first-order chi connectivity index (χ1) is 12.7. The van der Waals surface area contributed by atoms with Gasteiger partial charge in [-0.05, 0) is 68.1 Å². The van der Waals surface area contributed by atoms with Gasteiger partial charge in [0.25, 0.3) is 5.91 Å². The fourth-order valence-electron chi connectivity index (χ4n) is 2.88. The molecule has 1 atom stereocenters. The summed E-state index contributed by atoms with van der Waals surface area (Å²) in [5.41, 5.74) is 3.26. The molecule has 27 heavy (non-hydrogen) atoms. The van der Waals surface area contributed by atoms with Crippen LogP contribution in [0.15, 0.2) is 48.5 Å². The van der Waals surface area contributed by atoms with Crippen molar-refractivity contribution in [2.45, 2.75) is 53.1 Å². The lowest BCUT2D eigenvalue weighted by atomic mass is 9.87. The van der Waals surface area contributed by atoms with Crippen LogP contribution in [-0.2, 0) is 10.2 Å². The Hall–Kier alpha value is -2.49. The molecule has 1 N–H and O–H groups in total. The fourth-order valence-corrected chi connectivity index (χ4v) is 2.88. The monoisotopic (exact) mass is 368 g/mol. The van der Waals surface area contributed by atoms with E-state index >= 15 is 0 Å². The lowest BCUT2D eigenvalue weighted by molar-refractivity contribution is -0.122. The minimum Gasteiger partial charge on any atom is -0.481 e. The van der Waals surface area contributed by atoms with Crippen LogP contribution in [-0.4, -0.2) is 25.1 Å². The van der Waals surface area contributed by atoms with E-state index in [1.165, 1.54) is 5.56 Å². The third-order valence-electron chi connectivity index (χ3n) is 4.67. The molecule has 0 saturated heterocycles. The van der Waals surface area contributed by atoms with Gasteiger partial charge in [-0.3, -0.25) is 4.79 Å². The van der Waals surface area contributed by atoms with Gasteiger partial charge >= 0.3 is 0 Å². The Morgan fingerprint density at radius 1 is 1.00 bits per heavy atom. The molecule has 2 aromatic carbocycles. The lowest BCUT2D eigenvalue weighted by Gasteiger charge is -2.21. The molecule has 2 rings (SSSR count). The number of rotatable bonds is 7. The topological polar surface area (TPSA) is 41.6 Å². The quantitative estimate of drug-likeness (QED) is 0.727. The second-order valence-corrected chi connectivity index (χ2v) is 7.74. The standard InChI is InChI=1S/C23H32N2O2/c1-7-25(8-2)20-13-11-19(12-14-20)24-22(26)17(3)27-21-15-9-18(10-16-21)23(4,5)6/h9-17H,7-8H2,1-6H3,(H,24,26). The van der Waals surface area contributed by atoms with Crippen LogP contribution in [0.4, 0.5) is 11.4 Å². The van der Waals surface area contributed by atoms with Crippen molar-refractivity contribution in [1.29, 1.82) is 0 Å². The summed E-state index contributed by atoms with van der Waals surface area (Å²) >= 11 is 0.